The van der Waals surface area contributed by atoms with Gasteiger partial charge in [0.25, 0.3) is 0 Å². The van der Waals surface area contributed by atoms with Gasteiger partial charge in [0.15, 0.2) is 0 Å². The number of hydrogen-bond acceptors (Lipinski definition) is 2. The Morgan fingerprint density at radius 2 is 2.16 bits per heavy atom. The van der Waals surface area contributed by atoms with Crippen molar-refractivity contribution in [2.45, 2.75) is 38.3 Å². The monoisotopic (exact) mass is 280 g/mol. The average Bonchev–Trinajstić information content (AvgIpc) is 2.46. The summed E-state index contributed by atoms with van der Waals surface area (Å²) in [6.45, 7) is 2.95. The number of benzene rings is 1. The molecule has 1 fully saturated rings. The van der Waals surface area contributed by atoms with Crippen molar-refractivity contribution in [3.8, 4) is 0 Å². The maximum Gasteiger partial charge on any atom is 0.239 e. The van der Waals surface area contributed by atoms with Crippen LogP contribution >= 0.6 is 11.6 Å². The number of carbonyl (C=O) groups excluding carboxylic acids is 1. The number of piperidine rings is 1. The number of carbonyl (C=O) groups is 1. The van der Waals surface area contributed by atoms with Crippen molar-refractivity contribution in [1.82, 2.24) is 10.2 Å². The van der Waals surface area contributed by atoms with Crippen LogP contribution in [0.15, 0.2) is 24.3 Å². The van der Waals surface area contributed by atoms with Crippen molar-refractivity contribution in [2.75, 3.05) is 13.6 Å². The second-order valence-corrected chi connectivity index (χ2v) is 5.56. The first-order valence-electron chi connectivity index (χ1n) is 6.85. The van der Waals surface area contributed by atoms with Gasteiger partial charge in [-0.25, -0.2) is 0 Å². The summed E-state index contributed by atoms with van der Waals surface area (Å²) in [5.74, 6) is 0.159. The van der Waals surface area contributed by atoms with Gasteiger partial charge in [-0.15, -0.1) is 0 Å². The van der Waals surface area contributed by atoms with Gasteiger partial charge >= 0.3 is 0 Å². The van der Waals surface area contributed by atoms with E-state index in [1.165, 1.54) is 0 Å². The van der Waals surface area contributed by atoms with E-state index in [1.54, 1.807) is 4.90 Å². The molecule has 0 aromatic heterocycles. The molecule has 0 spiro atoms. The zero-order valence-electron chi connectivity index (χ0n) is 11.5. The molecule has 2 atom stereocenters. The van der Waals surface area contributed by atoms with E-state index in [2.05, 4.69) is 5.32 Å². The molecule has 1 heterocycles. The van der Waals surface area contributed by atoms with Crippen molar-refractivity contribution >= 4 is 17.5 Å². The Morgan fingerprint density at radius 3 is 2.79 bits per heavy atom. The second-order valence-electron chi connectivity index (χ2n) is 5.15. The van der Waals surface area contributed by atoms with Gasteiger partial charge in [0.05, 0.1) is 12.1 Å². The van der Waals surface area contributed by atoms with Gasteiger partial charge in [0.1, 0.15) is 0 Å². The molecule has 4 heteroatoms. The maximum atomic E-state index is 12.4. The molecule has 3 nitrogen and oxygen atoms in total. The van der Waals surface area contributed by atoms with Crippen LogP contribution in [0.3, 0.4) is 0 Å². The first-order valence-corrected chi connectivity index (χ1v) is 7.23. The molecule has 0 aliphatic carbocycles. The number of hydrogen-bond donors (Lipinski definition) is 1. The zero-order valence-corrected chi connectivity index (χ0v) is 12.3. The minimum absolute atomic E-state index is 0.00933. The predicted molar refractivity (Wildman–Crippen MR) is 78.3 cm³/mol. The highest BCUT2D eigenvalue weighted by atomic mass is 35.5. The highest BCUT2D eigenvalue weighted by Crippen LogP contribution is 2.27. The lowest BCUT2D eigenvalue weighted by Gasteiger charge is -2.31. The molecule has 1 aliphatic heterocycles. The highest BCUT2D eigenvalue weighted by molar-refractivity contribution is 6.31. The molecule has 2 rings (SSSR count). The van der Waals surface area contributed by atoms with Crippen LogP contribution in [0.25, 0.3) is 0 Å². The largest absolute Gasteiger partial charge is 0.338 e. The molecule has 1 saturated heterocycles. The fourth-order valence-electron chi connectivity index (χ4n) is 2.52. The highest BCUT2D eigenvalue weighted by Gasteiger charge is 2.27. The average molecular weight is 281 g/mol. The summed E-state index contributed by atoms with van der Waals surface area (Å²) in [5, 5.41) is 4.01. The van der Waals surface area contributed by atoms with Gasteiger partial charge in [-0.3, -0.25) is 4.79 Å². The Bertz CT molecular complexity index is 444. The van der Waals surface area contributed by atoms with Gasteiger partial charge in [-0.2, -0.15) is 0 Å². The van der Waals surface area contributed by atoms with E-state index < -0.39 is 0 Å². The fourth-order valence-corrected chi connectivity index (χ4v) is 2.82. The van der Waals surface area contributed by atoms with E-state index in [-0.39, 0.29) is 18.0 Å². The summed E-state index contributed by atoms with van der Waals surface area (Å²) in [6, 6.07) is 7.65. The van der Waals surface area contributed by atoms with Crippen molar-refractivity contribution in [3.63, 3.8) is 0 Å². The lowest BCUT2D eigenvalue weighted by Crippen LogP contribution is -2.47. The summed E-state index contributed by atoms with van der Waals surface area (Å²) in [5.41, 5.74) is 0.996. The minimum atomic E-state index is -0.0383. The molecule has 1 aromatic carbocycles. The molecule has 0 radical (unpaired) electrons. The molecule has 1 aliphatic rings. The first-order chi connectivity index (χ1) is 9.11. The Morgan fingerprint density at radius 1 is 1.42 bits per heavy atom. The van der Waals surface area contributed by atoms with Gasteiger partial charge in [-0.1, -0.05) is 36.2 Å². The topological polar surface area (TPSA) is 32.3 Å². The number of nitrogens with one attached hydrogen (secondary N) is 1. The molecule has 2 unspecified atom stereocenters. The Balaban J connectivity index is 2.08. The third-order valence-corrected chi connectivity index (χ3v) is 4.24. The van der Waals surface area contributed by atoms with Gasteiger partial charge < -0.3 is 10.2 Å². The number of halogens is 1. The van der Waals surface area contributed by atoms with E-state index >= 15 is 0 Å². The summed E-state index contributed by atoms with van der Waals surface area (Å²) >= 11 is 6.20. The summed E-state index contributed by atoms with van der Waals surface area (Å²) in [7, 11) is 1.85. The Kier molecular flexibility index (Phi) is 4.83. The van der Waals surface area contributed by atoms with Crippen LogP contribution in [-0.2, 0) is 4.79 Å². The van der Waals surface area contributed by atoms with Crippen molar-refractivity contribution < 1.29 is 4.79 Å². The summed E-state index contributed by atoms with van der Waals surface area (Å²) in [6.07, 6.45) is 3.21. The standard InChI is InChI=1S/C15H21ClN2O/c1-11(12-7-3-4-8-13(12)16)18(2)15(19)14-9-5-6-10-17-14/h3-4,7-8,11,14,17H,5-6,9-10H2,1-2H3. The third-order valence-electron chi connectivity index (χ3n) is 3.89. The van der Waals surface area contributed by atoms with Crippen LogP contribution in [0.4, 0.5) is 0 Å². The fraction of sp³-hybridized carbons (Fsp3) is 0.533. The van der Waals surface area contributed by atoms with Crippen LogP contribution in [-0.4, -0.2) is 30.4 Å². The third kappa shape index (κ3) is 3.28. The summed E-state index contributed by atoms with van der Waals surface area (Å²) in [4.78, 5) is 14.2. The normalized spacial score (nSPS) is 20.9. The molecule has 1 amide bonds. The molecule has 104 valence electrons. The number of amides is 1. The van der Waals surface area contributed by atoms with Crippen LogP contribution in [0, 0.1) is 0 Å². The quantitative estimate of drug-likeness (QED) is 0.923. The summed E-state index contributed by atoms with van der Waals surface area (Å²) < 4.78 is 0. The smallest absolute Gasteiger partial charge is 0.239 e. The van der Waals surface area contributed by atoms with E-state index in [9.17, 15) is 4.79 Å². The van der Waals surface area contributed by atoms with Crippen LogP contribution in [0.5, 0.6) is 0 Å². The van der Waals surface area contributed by atoms with E-state index in [1.807, 2.05) is 38.2 Å². The number of nitrogens with zero attached hydrogens (tertiary/aromatic N) is 1. The lowest BCUT2D eigenvalue weighted by molar-refractivity contribution is -0.134. The Labute approximate surface area is 119 Å². The maximum absolute atomic E-state index is 12.4. The Hall–Kier alpha value is -1.06. The van der Waals surface area contributed by atoms with Crippen LogP contribution in [0.2, 0.25) is 5.02 Å². The zero-order chi connectivity index (χ0) is 13.8. The number of rotatable bonds is 3. The van der Waals surface area contributed by atoms with Crippen molar-refractivity contribution in [2.24, 2.45) is 0 Å². The van der Waals surface area contributed by atoms with Crippen LogP contribution < -0.4 is 5.32 Å². The molecule has 19 heavy (non-hydrogen) atoms. The second kappa shape index (κ2) is 6.40. The molecule has 1 N–H and O–H groups in total. The lowest BCUT2D eigenvalue weighted by atomic mass is 10.0. The minimum Gasteiger partial charge on any atom is -0.338 e. The number of likely N-dealkylation sites (N-methyl/N-ethyl adjacent to an activating group) is 1. The molecule has 1 aromatic rings. The van der Waals surface area contributed by atoms with E-state index in [4.69, 9.17) is 11.6 Å². The van der Waals surface area contributed by atoms with Gasteiger partial charge in [0.2, 0.25) is 5.91 Å². The SMILES string of the molecule is CC(c1ccccc1Cl)N(C)C(=O)C1CCCCN1. The molecule has 0 bridgehead atoms. The van der Waals surface area contributed by atoms with Crippen molar-refractivity contribution in [1.29, 1.82) is 0 Å². The van der Waals surface area contributed by atoms with Gasteiger partial charge in [-0.05, 0) is 37.9 Å². The van der Waals surface area contributed by atoms with Crippen molar-refractivity contribution in [3.05, 3.63) is 34.9 Å². The van der Waals surface area contributed by atoms with Crippen LogP contribution in [0.1, 0.15) is 37.8 Å². The van der Waals surface area contributed by atoms with E-state index in [0.29, 0.717) is 5.02 Å². The molecular formula is C15H21ClN2O. The molecular weight excluding hydrogens is 260 g/mol. The first kappa shape index (κ1) is 14.4. The predicted octanol–water partition coefficient (Wildman–Crippen LogP) is 3.00. The molecule has 0 saturated carbocycles. The van der Waals surface area contributed by atoms with E-state index in [0.717, 1.165) is 31.4 Å². The van der Waals surface area contributed by atoms with Gasteiger partial charge in [0, 0.05) is 12.1 Å².